The van der Waals surface area contributed by atoms with Crippen molar-refractivity contribution in [3.8, 4) is 0 Å². The molecule has 3 saturated carbocycles. The van der Waals surface area contributed by atoms with E-state index >= 15 is 0 Å². The van der Waals surface area contributed by atoms with E-state index in [1.807, 2.05) is 0 Å². The second-order valence-corrected chi connectivity index (χ2v) is 10.8. The van der Waals surface area contributed by atoms with Crippen LogP contribution in [-0.2, 0) is 9.59 Å². The zero-order valence-corrected chi connectivity index (χ0v) is 17.5. The molecule has 0 saturated heterocycles. The van der Waals surface area contributed by atoms with Gasteiger partial charge in [0.15, 0.2) is 11.5 Å². The second-order valence-electron chi connectivity index (χ2n) is 10.8. The number of carbonyl (C=O) groups excluding carboxylic acids is 2. The van der Waals surface area contributed by atoms with Gasteiger partial charge in [-0.05, 0) is 79.1 Å². The maximum atomic E-state index is 13.0. The Kier molecular flexibility index (Phi) is 4.59. The highest BCUT2D eigenvalue weighted by atomic mass is 16.3. The van der Waals surface area contributed by atoms with Crippen LogP contribution >= 0.6 is 0 Å². The molecule has 0 bridgehead atoms. The molecule has 4 rings (SSSR count). The molecule has 0 spiro atoms. The number of hydrogen-bond acceptors (Lipinski definition) is 3. The Morgan fingerprint density at radius 1 is 1.07 bits per heavy atom. The normalized spacial score (nSPS) is 44.3. The topological polar surface area (TPSA) is 54.4 Å². The van der Waals surface area contributed by atoms with Crippen molar-refractivity contribution in [2.24, 2.45) is 40.4 Å². The number of ketones is 2. The van der Waals surface area contributed by atoms with E-state index in [1.54, 1.807) is 0 Å². The summed E-state index contributed by atoms with van der Waals surface area (Å²) in [4.78, 5) is 25.1. The van der Waals surface area contributed by atoms with Crippen molar-refractivity contribution in [1.29, 1.82) is 0 Å². The number of rotatable bonds is 3. The minimum atomic E-state index is -0.132. The lowest BCUT2D eigenvalue weighted by atomic mass is 9.46. The summed E-state index contributed by atoms with van der Waals surface area (Å²) in [5, 5.41) is 10.5. The molecule has 0 amide bonds. The number of fused-ring (bicyclic) bond motifs is 5. The fraction of sp³-hybridized carbons (Fsp3) is 0.833. The van der Waals surface area contributed by atoms with E-state index < -0.39 is 0 Å². The standard InChI is InChI=1S/C24H36O3/c1-14(2)5-6-15-13-20(26)24(4)11-9-17-16(21(15)24)7-8-18-22(27)19(25)10-12-23(17,18)3/h14-17,21,27H,5-13H2,1-4H3/t15-,16+,17-,21-,23+,24+/m0/s1. The SMILES string of the molecule is CC(C)CC[C@H]1CC(=O)[C@@]2(C)CC[C@H]3[C@@H](CCC4=C(O)C(=O)CC[C@@]43C)[C@H]12. The summed E-state index contributed by atoms with van der Waals surface area (Å²) in [6.07, 6.45) is 8.46. The number of allylic oxidation sites excluding steroid dienone is 1. The van der Waals surface area contributed by atoms with E-state index in [1.165, 1.54) is 12.8 Å². The zero-order valence-electron chi connectivity index (χ0n) is 17.5. The summed E-state index contributed by atoms with van der Waals surface area (Å²) in [5.74, 6) is 3.33. The molecule has 0 aliphatic heterocycles. The zero-order chi connectivity index (χ0) is 19.6. The van der Waals surface area contributed by atoms with Gasteiger partial charge in [0.1, 0.15) is 5.78 Å². The van der Waals surface area contributed by atoms with E-state index in [2.05, 4.69) is 27.7 Å². The molecule has 0 aromatic heterocycles. The highest BCUT2D eigenvalue weighted by Gasteiger charge is 2.62. The maximum absolute atomic E-state index is 13.0. The number of carbonyl (C=O) groups is 2. The van der Waals surface area contributed by atoms with E-state index in [0.717, 1.165) is 44.1 Å². The molecular formula is C24H36O3. The van der Waals surface area contributed by atoms with Crippen molar-refractivity contribution in [3.63, 3.8) is 0 Å². The van der Waals surface area contributed by atoms with E-state index in [9.17, 15) is 14.7 Å². The third-order valence-corrected chi connectivity index (χ3v) is 9.05. The quantitative estimate of drug-likeness (QED) is 0.698. The fourth-order valence-corrected chi connectivity index (χ4v) is 7.56. The molecule has 3 fully saturated rings. The van der Waals surface area contributed by atoms with Crippen molar-refractivity contribution in [1.82, 2.24) is 0 Å². The first-order valence-corrected chi connectivity index (χ1v) is 11.2. The Hall–Kier alpha value is -1.12. The van der Waals surface area contributed by atoms with Crippen LogP contribution in [0.4, 0.5) is 0 Å². The average molecular weight is 373 g/mol. The van der Waals surface area contributed by atoms with Crippen LogP contribution in [0.2, 0.25) is 0 Å². The molecule has 6 atom stereocenters. The van der Waals surface area contributed by atoms with E-state index in [0.29, 0.717) is 41.8 Å². The summed E-state index contributed by atoms with van der Waals surface area (Å²) in [5.41, 5.74) is 0.857. The largest absolute Gasteiger partial charge is 0.504 e. The van der Waals surface area contributed by atoms with Gasteiger partial charge in [-0.2, -0.15) is 0 Å². The van der Waals surface area contributed by atoms with Gasteiger partial charge in [-0.25, -0.2) is 0 Å². The third kappa shape index (κ3) is 2.75. The Morgan fingerprint density at radius 3 is 2.52 bits per heavy atom. The van der Waals surface area contributed by atoms with Crippen LogP contribution < -0.4 is 0 Å². The van der Waals surface area contributed by atoms with Gasteiger partial charge < -0.3 is 5.11 Å². The molecule has 150 valence electrons. The first kappa shape index (κ1) is 19.2. The number of aliphatic hydroxyl groups excluding tert-OH is 1. The molecule has 0 heterocycles. The Balaban J connectivity index is 1.68. The van der Waals surface area contributed by atoms with Gasteiger partial charge in [0.2, 0.25) is 0 Å². The first-order valence-electron chi connectivity index (χ1n) is 11.2. The smallest absolute Gasteiger partial charge is 0.197 e. The van der Waals surface area contributed by atoms with Crippen molar-refractivity contribution in [3.05, 3.63) is 11.3 Å². The summed E-state index contributed by atoms with van der Waals surface area (Å²) in [6.45, 7) is 9.10. The lowest BCUT2D eigenvalue weighted by Crippen LogP contribution is -2.52. The summed E-state index contributed by atoms with van der Waals surface area (Å²) in [7, 11) is 0. The predicted molar refractivity (Wildman–Crippen MR) is 106 cm³/mol. The van der Waals surface area contributed by atoms with Crippen LogP contribution in [0.3, 0.4) is 0 Å². The minimum absolute atomic E-state index is 0.0452. The van der Waals surface area contributed by atoms with Gasteiger partial charge in [0, 0.05) is 18.3 Å². The average Bonchev–Trinajstić information content (AvgIpc) is 2.87. The van der Waals surface area contributed by atoms with Crippen molar-refractivity contribution < 1.29 is 14.7 Å². The first-order chi connectivity index (χ1) is 12.7. The van der Waals surface area contributed by atoms with Crippen LogP contribution in [0.5, 0.6) is 0 Å². The van der Waals surface area contributed by atoms with Crippen molar-refractivity contribution in [2.45, 2.75) is 85.5 Å². The molecule has 3 heteroatoms. The van der Waals surface area contributed by atoms with E-state index in [-0.39, 0.29) is 22.4 Å². The molecule has 0 radical (unpaired) electrons. The summed E-state index contributed by atoms with van der Waals surface area (Å²) in [6, 6.07) is 0. The van der Waals surface area contributed by atoms with Crippen molar-refractivity contribution >= 4 is 11.6 Å². The van der Waals surface area contributed by atoms with Gasteiger partial charge in [-0.3, -0.25) is 9.59 Å². The predicted octanol–water partition coefficient (Wildman–Crippen LogP) is 5.64. The maximum Gasteiger partial charge on any atom is 0.197 e. The van der Waals surface area contributed by atoms with Gasteiger partial charge in [-0.15, -0.1) is 0 Å². The fourth-order valence-electron chi connectivity index (χ4n) is 7.56. The molecule has 0 aromatic rings. The Labute approximate surface area is 164 Å². The van der Waals surface area contributed by atoms with Gasteiger partial charge >= 0.3 is 0 Å². The van der Waals surface area contributed by atoms with Crippen LogP contribution in [0.15, 0.2) is 11.3 Å². The van der Waals surface area contributed by atoms with Crippen LogP contribution in [0.1, 0.15) is 85.5 Å². The number of aliphatic hydroxyl groups is 1. The number of hydrogen-bond donors (Lipinski definition) is 1. The molecule has 3 nitrogen and oxygen atoms in total. The highest BCUT2D eigenvalue weighted by Crippen LogP contribution is 2.66. The van der Waals surface area contributed by atoms with Crippen LogP contribution in [-0.4, -0.2) is 16.7 Å². The monoisotopic (exact) mass is 372 g/mol. The molecule has 4 aliphatic rings. The molecule has 27 heavy (non-hydrogen) atoms. The third-order valence-electron chi connectivity index (χ3n) is 9.05. The van der Waals surface area contributed by atoms with Crippen LogP contribution in [0, 0.1) is 40.4 Å². The molecular weight excluding hydrogens is 336 g/mol. The number of Topliss-reactive ketones (excluding diaryl/α,β-unsaturated/α-hetero) is 2. The Bertz CT molecular complexity index is 690. The molecule has 4 aliphatic carbocycles. The Morgan fingerprint density at radius 2 is 1.81 bits per heavy atom. The minimum Gasteiger partial charge on any atom is -0.504 e. The lowest BCUT2D eigenvalue weighted by molar-refractivity contribution is -0.133. The van der Waals surface area contributed by atoms with Crippen molar-refractivity contribution in [2.75, 3.05) is 0 Å². The van der Waals surface area contributed by atoms with Gasteiger partial charge in [-0.1, -0.05) is 34.1 Å². The van der Waals surface area contributed by atoms with Crippen LogP contribution in [0.25, 0.3) is 0 Å². The van der Waals surface area contributed by atoms with E-state index in [4.69, 9.17) is 0 Å². The highest BCUT2D eigenvalue weighted by molar-refractivity contribution is 5.95. The van der Waals surface area contributed by atoms with Gasteiger partial charge in [0.05, 0.1) is 0 Å². The van der Waals surface area contributed by atoms with Gasteiger partial charge in [0.25, 0.3) is 0 Å². The lowest BCUT2D eigenvalue weighted by Gasteiger charge is -2.57. The molecule has 0 aromatic carbocycles. The molecule has 1 N–H and O–H groups in total. The summed E-state index contributed by atoms with van der Waals surface area (Å²) < 4.78 is 0. The second kappa shape index (κ2) is 6.46. The molecule has 0 unspecified atom stereocenters. The summed E-state index contributed by atoms with van der Waals surface area (Å²) >= 11 is 0.